The van der Waals surface area contributed by atoms with Crippen molar-refractivity contribution in [3.63, 3.8) is 0 Å². The van der Waals surface area contributed by atoms with Crippen molar-refractivity contribution in [1.29, 1.82) is 5.26 Å². The lowest BCUT2D eigenvalue weighted by Crippen LogP contribution is -2.41. The van der Waals surface area contributed by atoms with Crippen LogP contribution in [0.1, 0.15) is 34.4 Å². The van der Waals surface area contributed by atoms with Crippen LogP contribution in [-0.2, 0) is 20.6 Å². The van der Waals surface area contributed by atoms with Gasteiger partial charge in [-0.15, -0.1) is 11.3 Å². The number of rotatable bonds is 5. The first-order valence-electron chi connectivity index (χ1n) is 9.14. The lowest BCUT2D eigenvalue weighted by atomic mass is 9.97. The molecule has 1 aliphatic heterocycles. The van der Waals surface area contributed by atoms with Crippen LogP contribution in [-0.4, -0.2) is 31.7 Å². The second kappa shape index (κ2) is 8.43. The largest absolute Gasteiger partial charge is 0.316 e. The number of amides is 1. The third kappa shape index (κ3) is 4.43. The molecule has 1 amide bonds. The molecular weight excluding hydrogens is 394 g/mol. The maximum absolute atomic E-state index is 12.6. The van der Waals surface area contributed by atoms with Crippen LogP contribution in [0.5, 0.6) is 0 Å². The SMILES string of the molecule is Cc1sc(NC(=O)C2CCN(S(=O)(=O)Cc3ccccc3)CC2)c(C#N)c1C. The van der Waals surface area contributed by atoms with Crippen LogP contribution in [0.4, 0.5) is 5.00 Å². The van der Waals surface area contributed by atoms with Crippen molar-refractivity contribution in [2.45, 2.75) is 32.4 Å². The normalized spacial score (nSPS) is 15.9. The molecule has 28 heavy (non-hydrogen) atoms. The highest BCUT2D eigenvalue weighted by Gasteiger charge is 2.31. The molecule has 2 heterocycles. The van der Waals surface area contributed by atoms with Crippen molar-refractivity contribution < 1.29 is 13.2 Å². The summed E-state index contributed by atoms with van der Waals surface area (Å²) < 4.78 is 26.8. The number of hydrogen-bond acceptors (Lipinski definition) is 5. The molecule has 6 nitrogen and oxygen atoms in total. The molecule has 3 rings (SSSR count). The van der Waals surface area contributed by atoms with E-state index in [4.69, 9.17) is 0 Å². The molecule has 0 aliphatic carbocycles. The summed E-state index contributed by atoms with van der Waals surface area (Å²) in [5, 5.41) is 12.8. The van der Waals surface area contributed by atoms with E-state index in [0.29, 0.717) is 36.5 Å². The molecule has 0 spiro atoms. The Morgan fingerprint density at radius 2 is 1.89 bits per heavy atom. The Bertz CT molecular complexity index is 999. The molecule has 0 atom stereocenters. The Hall–Kier alpha value is -2.21. The number of anilines is 1. The maximum Gasteiger partial charge on any atom is 0.228 e. The number of carbonyl (C=O) groups is 1. The molecule has 1 aromatic carbocycles. The van der Waals surface area contributed by atoms with Gasteiger partial charge in [-0.1, -0.05) is 30.3 Å². The van der Waals surface area contributed by atoms with Crippen LogP contribution in [0.3, 0.4) is 0 Å². The van der Waals surface area contributed by atoms with Crippen LogP contribution in [0.25, 0.3) is 0 Å². The first-order valence-corrected chi connectivity index (χ1v) is 11.6. The minimum absolute atomic E-state index is 0.0238. The summed E-state index contributed by atoms with van der Waals surface area (Å²) in [4.78, 5) is 13.6. The number of thiophene rings is 1. The van der Waals surface area contributed by atoms with Gasteiger partial charge in [0.15, 0.2) is 0 Å². The van der Waals surface area contributed by atoms with Crippen LogP contribution < -0.4 is 5.32 Å². The van der Waals surface area contributed by atoms with E-state index in [-0.39, 0.29) is 17.6 Å². The maximum atomic E-state index is 12.6. The average Bonchev–Trinajstić information content (AvgIpc) is 2.95. The summed E-state index contributed by atoms with van der Waals surface area (Å²) >= 11 is 1.40. The van der Waals surface area contributed by atoms with Crippen molar-refractivity contribution in [3.05, 3.63) is 51.9 Å². The predicted molar refractivity (Wildman–Crippen MR) is 111 cm³/mol. The number of nitriles is 1. The van der Waals surface area contributed by atoms with Gasteiger partial charge in [-0.25, -0.2) is 12.7 Å². The topological polar surface area (TPSA) is 90.3 Å². The van der Waals surface area contributed by atoms with Crippen LogP contribution in [0, 0.1) is 31.1 Å². The number of piperidine rings is 1. The number of benzene rings is 1. The Morgan fingerprint density at radius 1 is 1.25 bits per heavy atom. The zero-order chi connectivity index (χ0) is 20.3. The molecular formula is C20H23N3O3S2. The van der Waals surface area contributed by atoms with Gasteiger partial charge in [0.1, 0.15) is 11.1 Å². The molecule has 2 aromatic rings. The van der Waals surface area contributed by atoms with Gasteiger partial charge in [-0.2, -0.15) is 5.26 Å². The number of hydrogen-bond donors (Lipinski definition) is 1. The average molecular weight is 418 g/mol. The van der Waals surface area contributed by atoms with Crippen molar-refractivity contribution in [3.8, 4) is 6.07 Å². The van der Waals surface area contributed by atoms with Crippen molar-refractivity contribution in [2.24, 2.45) is 5.92 Å². The van der Waals surface area contributed by atoms with Crippen molar-refractivity contribution in [1.82, 2.24) is 4.31 Å². The first-order chi connectivity index (χ1) is 13.3. The Morgan fingerprint density at radius 3 is 2.50 bits per heavy atom. The standard InChI is InChI=1S/C20H23N3O3S2/c1-14-15(2)27-20(18(14)12-21)22-19(24)17-8-10-23(11-9-17)28(25,26)13-16-6-4-3-5-7-16/h3-7,17H,8-11,13H2,1-2H3,(H,22,24). The van der Waals surface area contributed by atoms with Gasteiger partial charge in [-0.3, -0.25) is 4.79 Å². The van der Waals surface area contributed by atoms with Crippen LogP contribution in [0.2, 0.25) is 0 Å². The molecule has 0 bridgehead atoms. The van der Waals surface area contributed by atoms with Gasteiger partial charge in [-0.05, 0) is 37.8 Å². The Kier molecular flexibility index (Phi) is 6.18. The quantitative estimate of drug-likeness (QED) is 0.807. The molecule has 0 saturated carbocycles. The van der Waals surface area contributed by atoms with Crippen LogP contribution >= 0.6 is 11.3 Å². The third-order valence-corrected chi connectivity index (χ3v) is 8.12. The van der Waals surface area contributed by atoms with E-state index in [0.717, 1.165) is 16.0 Å². The molecule has 1 aliphatic rings. The number of nitrogens with one attached hydrogen (secondary N) is 1. The van der Waals surface area contributed by atoms with Gasteiger partial charge in [0.25, 0.3) is 0 Å². The van der Waals surface area contributed by atoms with E-state index in [1.165, 1.54) is 15.6 Å². The summed E-state index contributed by atoms with van der Waals surface area (Å²) in [5.74, 6) is -0.417. The molecule has 8 heteroatoms. The fourth-order valence-electron chi connectivity index (χ4n) is 3.34. The lowest BCUT2D eigenvalue weighted by molar-refractivity contribution is -0.120. The summed E-state index contributed by atoms with van der Waals surface area (Å²) in [7, 11) is -3.40. The monoisotopic (exact) mass is 417 g/mol. The summed E-state index contributed by atoms with van der Waals surface area (Å²) in [6, 6.07) is 11.3. The fourth-order valence-corrected chi connectivity index (χ4v) is 5.91. The summed E-state index contributed by atoms with van der Waals surface area (Å²) in [6.45, 7) is 4.46. The number of carbonyl (C=O) groups excluding carboxylic acids is 1. The van der Waals surface area contributed by atoms with E-state index in [9.17, 15) is 18.5 Å². The van der Waals surface area contributed by atoms with E-state index in [2.05, 4.69) is 11.4 Å². The first kappa shape index (κ1) is 20.5. The minimum atomic E-state index is -3.40. The molecule has 1 saturated heterocycles. The van der Waals surface area contributed by atoms with Gasteiger partial charge < -0.3 is 5.32 Å². The molecule has 0 unspecified atom stereocenters. The van der Waals surface area contributed by atoms with Crippen LogP contribution in [0.15, 0.2) is 30.3 Å². The highest BCUT2D eigenvalue weighted by molar-refractivity contribution is 7.88. The Balaban J connectivity index is 1.60. The smallest absolute Gasteiger partial charge is 0.228 e. The lowest BCUT2D eigenvalue weighted by Gasteiger charge is -2.30. The van der Waals surface area contributed by atoms with Gasteiger partial charge in [0.2, 0.25) is 15.9 Å². The minimum Gasteiger partial charge on any atom is -0.316 e. The third-order valence-electron chi connectivity index (χ3n) is 5.14. The molecule has 1 N–H and O–H groups in total. The van der Waals surface area contributed by atoms with E-state index < -0.39 is 10.0 Å². The van der Waals surface area contributed by atoms with Gasteiger partial charge >= 0.3 is 0 Å². The van der Waals surface area contributed by atoms with E-state index >= 15 is 0 Å². The fraction of sp³-hybridized carbons (Fsp3) is 0.400. The number of aryl methyl sites for hydroxylation is 1. The Labute approximate surface area is 169 Å². The molecule has 1 aromatic heterocycles. The second-order valence-electron chi connectivity index (χ2n) is 7.00. The van der Waals surface area contributed by atoms with Gasteiger partial charge in [0.05, 0.1) is 11.3 Å². The highest BCUT2D eigenvalue weighted by Crippen LogP contribution is 2.32. The van der Waals surface area contributed by atoms with Crippen molar-refractivity contribution in [2.75, 3.05) is 18.4 Å². The second-order valence-corrected chi connectivity index (χ2v) is 10.2. The predicted octanol–water partition coefficient (Wildman–Crippen LogP) is 3.42. The summed E-state index contributed by atoms with van der Waals surface area (Å²) in [5.41, 5.74) is 2.16. The molecule has 1 fully saturated rings. The zero-order valence-corrected chi connectivity index (χ0v) is 17.6. The van der Waals surface area contributed by atoms with Crippen molar-refractivity contribution >= 4 is 32.3 Å². The number of sulfonamides is 1. The van der Waals surface area contributed by atoms with Gasteiger partial charge in [0, 0.05) is 23.9 Å². The zero-order valence-electron chi connectivity index (χ0n) is 15.9. The highest BCUT2D eigenvalue weighted by atomic mass is 32.2. The van der Waals surface area contributed by atoms with E-state index in [1.807, 2.05) is 32.0 Å². The molecule has 0 radical (unpaired) electrons. The summed E-state index contributed by atoms with van der Waals surface area (Å²) in [6.07, 6.45) is 0.955. The number of nitrogens with zero attached hydrogens (tertiary/aromatic N) is 2. The molecule has 148 valence electrons. The van der Waals surface area contributed by atoms with E-state index in [1.54, 1.807) is 12.1 Å².